The molecule has 0 atom stereocenters. The van der Waals surface area contributed by atoms with E-state index in [4.69, 9.17) is 25.8 Å². The zero-order valence-corrected chi connectivity index (χ0v) is 30.1. The minimum Gasteiger partial charge on any atom is -0.390 e. The van der Waals surface area contributed by atoms with Crippen molar-refractivity contribution in [3.63, 3.8) is 0 Å². The average molecular weight is 739 g/mol. The molecule has 2 heterocycles. The number of hydrogen-bond donors (Lipinski definition) is 0. The molecule has 7 aromatic carbocycles. The number of rotatable bonds is 7. The van der Waals surface area contributed by atoms with Crippen LogP contribution in [0.25, 0.3) is 43.9 Å². The fourth-order valence-electron chi connectivity index (χ4n) is 6.30. The standard InChI is InChI=1S/C42H29O7P3/c43-52(30-16-2-1-3-17-30,41-28-14-12-26-39(41)48-50-44-35-22-8-4-18-31(35)32-19-5-9-23-36(32)45-50)42-29-15-13-27-40(42)49-51-46-37-24-10-6-20-33(37)34-21-7-11-25-38(34)47-51/h1-29H. The molecule has 9 rings (SSSR count). The van der Waals surface area contributed by atoms with E-state index >= 15 is 4.57 Å². The quantitative estimate of drug-likeness (QED) is 0.150. The SMILES string of the molecule is O=P(c1ccccc1)(c1ccccc1Op1oc2ccccc2c2ccccc2o1)c1ccccc1Op1oc2ccccc2c2ccccc2o1. The summed E-state index contributed by atoms with van der Waals surface area (Å²) in [7, 11) is -7.75. The van der Waals surface area contributed by atoms with Gasteiger partial charge in [0.25, 0.3) is 0 Å². The monoisotopic (exact) mass is 738 g/mol. The van der Waals surface area contributed by atoms with E-state index in [1.807, 2.05) is 164 Å². The Balaban J connectivity index is 1.22. The maximum absolute atomic E-state index is 16.2. The van der Waals surface area contributed by atoms with Gasteiger partial charge in [-0.2, -0.15) is 0 Å². The predicted octanol–water partition coefficient (Wildman–Crippen LogP) is 12.2. The molecule has 0 fully saturated rings. The largest absolute Gasteiger partial charge is 0.453 e. The predicted molar refractivity (Wildman–Crippen MR) is 211 cm³/mol. The third-order valence-corrected chi connectivity index (χ3v) is 13.9. The van der Waals surface area contributed by atoms with Crippen molar-refractivity contribution in [3.05, 3.63) is 176 Å². The van der Waals surface area contributed by atoms with Gasteiger partial charge in [-0.1, -0.05) is 127 Å². The van der Waals surface area contributed by atoms with E-state index in [0.29, 0.717) is 49.7 Å². The first-order valence-electron chi connectivity index (χ1n) is 16.5. The number of fused-ring (bicyclic) bond motifs is 6. The van der Waals surface area contributed by atoms with E-state index in [2.05, 4.69) is 0 Å². The lowest BCUT2D eigenvalue weighted by atomic mass is 10.1. The molecule has 9 aromatic rings. The van der Waals surface area contributed by atoms with Gasteiger partial charge in [0.1, 0.15) is 33.8 Å². The van der Waals surface area contributed by atoms with Crippen LogP contribution < -0.4 is 25.0 Å². The van der Waals surface area contributed by atoms with Crippen molar-refractivity contribution in [2.75, 3.05) is 0 Å². The van der Waals surface area contributed by atoms with Crippen LogP contribution in [0.15, 0.2) is 193 Å². The highest BCUT2D eigenvalue weighted by molar-refractivity contribution is 7.85. The van der Waals surface area contributed by atoms with E-state index < -0.39 is 23.6 Å². The zero-order chi connectivity index (χ0) is 34.9. The van der Waals surface area contributed by atoms with Crippen LogP contribution in [-0.4, -0.2) is 0 Å². The van der Waals surface area contributed by atoms with Crippen LogP contribution in [-0.2, 0) is 4.57 Å². The summed E-state index contributed by atoms with van der Waals surface area (Å²) >= 11 is 0. The highest BCUT2D eigenvalue weighted by atomic mass is 31.2. The molecule has 0 radical (unpaired) electrons. The summed E-state index contributed by atoms with van der Waals surface area (Å²) in [5.74, 6) is 0.728. The van der Waals surface area contributed by atoms with Crippen molar-refractivity contribution in [2.24, 2.45) is 0 Å². The topological polar surface area (TPSA) is 88.1 Å². The van der Waals surface area contributed by atoms with Gasteiger partial charge in [-0.15, -0.1) is 0 Å². The summed E-state index contributed by atoms with van der Waals surface area (Å²) in [6, 6.07) is 55.0. The van der Waals surface area contributed by atoms with Gasteiger partial charge in [0, 0.05) is 26.8 Å². The van der Waals surface area contributed by atoms with Crippen LogP contribution in [0.1, 0.15) is 0 Å². The molecule has 0 aliphatic rings. The van der Waals surface area contributed by atoms with Crippen LogP contribution in [0.2, 0.25) is 0 Å². The van der Waals surface area contributed by atoms with Gasteiger partial charge in [0.2, 0.25) is 0 Å². The molecule has 0 amide bonds. The first kappa shape index (κ1) is 32.1. The van der Waals surface area contributed by atoms with Gasteiger partial charge in [0.15, 0.2) is 7.14 Å². The molecular formula is C42H29O7P3. The Morgan fingerprint density at radius 1 is 0.365 bits per heavy atom. The molecule has 0 N–H and O–H groups in total. The fraction of sp³-hybridized carbons (Fsp3) is 0. The van der Waals surface area contributed by atoms with Crippen molar-refractivity contribution in [1.29, 1.82) is 0 Å². The van der Waals surface area contributed by atoms with Crippen LogP contribution >= 0.6 is 23.6 Å². The summed E-state index contributed by atoms with van der Waals surface area (Å²) in [6.07, 6.45) is 0. The van der Waals surface area contributed by atoms with Gasteiger partial charge in [-0.25, -0.2) is 0 Å². The third kappa shape index (κ3) is 5.89. The molecule has 0 saturated heterocycles. The Labute approximate surface area is 300 Å². The number of para-hydroxylation sites is 6. The lowest BCUT2D eigenvalue weighted by Gasteiger charge is -2.23. The van der Waals surface area contributed by atoms with Crippen molar-refractivity contribution in [2.45, 2.75) is 0 Å². The molecule has 0 unspecified atom stereocenters. The molecule has 0 aliphatic carbocycles. The van der Waals surface area contributed by atoms with E-state index in [1.54, 1.807) is 12.1 Å². The zero-order valence-electron chi connectivity index (χ0n) is 27.4. The molecule has 10 heteroatoms. The van der Waals surface area contributed by atoms with Crippen molar-refractivity contribution < 1.29 is 30.4 Å². The highest BCUT2D eigenvalue weighted by Crippen LogP contribution is 2.50. The first-order valence-corrected chi connectivity index (χ1v) is 20.4. The smallest absolute Gasteiger partial charge is 0.390 e. The van der Waals surface area contributed by atoms with Gasteiger partial charge in [-0.05, 0) is 48.5 Å². The number of benzene rings is 7. The molecule has 7 nitrogen and oxygen atoms in total. The van der Waals surface area contributed by atoms with E-state index in [1.165, 1.54) is 0 Å². The summed E-state index contributed by atoms with van der Waals surface area (Å²) in [5, 5.41) is 5.12. The van der Waals surface area contributed by atoms with Crippen molar-refractivity contribution >= 4 is 83.4 Å². The molecular weight excluding hydrogens is 709 g/mol. The molecule has 254 valence electrons. The maximum atomic E-state index is 16.2. The van der Waals surface area contributed by atoms with Crippen molar-refractivity contribution in [3.8, 4) is 11.5 Å². The Hall–Kier alpha value is -5.83. The second kappa shape index (κ2) is 13.7. The molecule has 0 bridgehead atoms. The lowest BCUT2D eigenvalue weighted by molar-refractivity contribution is 0.500. The normalized spacial score (nSPS) is 11.5. The van der Waals surface area contributed by atoms with Crippen molar-refractivity contribution in [1.82, 2.24) is 0 Å². The molecule has 52 heavy (non-hydrogen) atoms. The van der Waals surface area contributed by atoms with Gasteiger partial charge >= 0.3 is 16.5 Å². The third-order valence-electron chi connectivity index (χ3n) is 8.69. The Kier molecular flexibility index (Phi) is 8.46. The fourth-order valence-corrected chi connectivity index (χ4v) is 11.5. The number of hydrogen-bond acceptors (Lipinski definition) is 7. The molecule has 2 aromatic heterocycles. The Morgan fingerprint density at radius 2 is 0.673 bits per heavy atom. The van der Waals surface area contributed by atoms with E-state index in [9.17, 15) is 0 Å². The summed E-state index contributed by atoms with van der Waals surface area (Å²) < 4.78 is 55.0. The van der Waals surface area contributed by atoms with Gasteiger partial charge in [0.05, 0.1) is 10.6 Å². The molecule has 0 saturated carbocycles. The second-order valence-electron chi connectivity index (χ2n) is 11.9. The minimum absolute atomic E-state index is 0.364. The van der Waals surface area contributed by atoms with Crippen LogP contribution in [0.4, 0.5) is 0 Å². The molecule has 0 aliphatic heterocycles. The Morgan fingerprint density at radius 3 is 1.06 bits per heavy atom. The first-order chi connectivity index (χ1) is 25.6. The van der Waals surface area contributed by atoms with Gasteiger partial charge in [-0.3, -0.25) is 0 Å². The van der Waals surface area contributed by atoms with Crippen LogP contribution in [0, 0.1) is 0 Å². The Bertz CT molecular complexity index is 2580. The lowest BCUT2D eigenvalue weighted by Crippen LogP contribution is -2.26. The van der Waals surface area contributed by atoms with Gasteiger partial charge < -0.3 is 30.4 Å². The van der Waals surface area contributed by atoms with Crippen LogP contribution in [0.3, 0.4) is 0 Å². The summed E-state index contributed by atoms with van der Waals surface area (Å²) in [4.78, 5) is 0. The van der Waals surface area contributed by atoms with Crippen LogP contribution in [0.5, 0.6) is 11.5 Å². The maximum Gasteiger partial charge on any atom is 0.453 e. The van der Waals surface area contributed by atoms with E-state index in [0.717, 1.165) is 21.5 Å². The summed E-state index contributed by atoms with van der Waals surface area (Å²) in [5.41, 5.74) is 2.54. The minimum atomic E-state index is -3.72. The highest BCUT2D eigenvalue weighted by Gasteiger charge is 2.36. The average Bonchev–Trinajstić information content (AvgIpc) is 3.45. The molecule has 0 spiro atoms. The summed E-state index contributed by atoms with van der Waals surface area (Å²) in [6.45, 7) is 0. The van der Waals surface area contributed by atoms with E-state index in [-0.39, 0.29) is 0 Å². The second-order valence-corrected chi connectivity index (χ2v) is 16.5.